The Morgan fingerprint density at radius 3 is 2.84 bits per heavy atom. The molecule has 0 amide bonds. The lowest BCUT2D eigenvalue weighted by Crippen LogP contribution is -2.40. The van der Waals surface area contributed by atoms with Crippen molar-refractivity contribution in [3.8, 4) is 0 Å². The summed E-state index contributed by atoms with van der Waals surface area (Å²) in [5.41, 5.74) is 0.496. The Bertz CT molecular complexity index is 681. The number of hydrogen-bond donors (Lipinski definition) is 1. The summed E-state index contributed by atoms with van der Waals surface area (Å²) in [5.74, 6) is -0.678. The lowest BCUT2D eigenvalue weighted by molar-refractivity contribution is -0.140. The van der Waals surface area contributed by atoms with Gasteiger partial charge in [-0.3, -0.25) is 0 Å². The second kappa shape index (κ2) is 4.06. The Morgan fingerprint density at radius 2 is 2.11 bits per heavy atom. The van der Waals surface area contributed by atoms with Gasteiger partial charge in [-0.1, -0.05) is 12.1 Å². The van der Waals surface area contributed by atoms with Crippen molar-refractivity contribution in [2.75, 3.05) is 6.54 Å². The van der Waals surface area contributed by atoms with Gasteiger partial charge in [0.1, 0.15) is 10.9 Å². The van der Waals surface area contributed by atoms with E-state index in [0.29, 0.717) is 18.5 Å². The molecule has 100 valence electrons. The molecular weight excluding hydrogens is 268 g/mol. The van der Waals surface area contributed by atoms with E-state index in [1.807, 2.05) is 0 Å². The van der Waals surface area contributed by atoms with Crippen LogP contribution in [0.4, 0.5) is 0 Å². The number of amidine groups is 1. The molecule has 1 aromatic carbocycles. The quantitative estimate of drug-likeness (QED) is 0.817. The van der Waals surface area contributed by atoms with Gasteiger partial charge in [0.25, 0.3) is 10.0 Å². The van der Waals surface area contributed by atoms with Crippen molar-refractivity contribution < 1.29 is 18.3 Å². The first-order valence-electron chi connectivity index (χ1n) is 5.94. The first-order valence-corrected chi connectivity index (χ1v) is 7.38. The number of carboxylic acid groups (broad SMARTS) is 1. The summed E-state index contributed by atoms with van der Waals surface area (Å²) < 4.78 is 27.6. The maximum atomic E-state index is 11.9. The predicted octanol–water partition coefficient (Wildman–Crippen LogP) is 0.684. The van der Waals surface area contributed by atoms with Crippen LogP contribution in [0, 0.1) is 0 Å². The van der Waals surface area contributed by atoms with Gasteiger partial charge in [0.15, 0.2) is 5.84 Å². The van der Waals surface area contributed by atoms with Gasteiger partial charge in [0, 0.05) is 12.1 Å². The Hall–Kier alpha value is -1.89. The molecule has 2 aliphatic heterocycles. The Labute approximate surface area is 110 Å². The lowest BCUT2D eigenvalue weighted by Gasteiger charge is -2.23. The highest BCUT2D eigenvalue weighted by Gasteiger charge is 2.38. The zero-order valence-electron chi connectivity index (χ0n) is 9.98. The van der Waals surface area contributed by atoms with Crippen LogP contribution in [0.1, 0.15) is 18.4 Å². The van der Waals surface area contributed by atoms with Crippen LogP contribution in [0.15, 0.2) is 33.6 Å². The molecule has 7 heteroatoms. The van der Waals surface area contributed by atoms with E-state index in [4.69, 9.17) is 0 Å². The first kappa shape index (κ1) is 12.2. The fourth-order valence-corrected chi connectivity index (χ4v) is 3.79. The highest BCUT2D eigenvalue weighted by atomic mass is 32.2. The summed E-state index contributed by atoms with van der Waals surface area (Å²) in [7, 11) is -3.69. The number of likely N-dealkylation sites (tertiary alicyclic amines) is 1. The molecule has 1 atom stereocenters. The molecule has 0 radical (unpaired) electrons. The third-order valence-electron chi connectivity index (χ3n) is 3.42. The van der Waals surface area contributed by atoms with Crippen LogP contribution in [0.3, 0.4) is 0 Å². The molecule has 0 spiro atoms. The smallest absolute Gasteiger partial charge is 0.326 e. The molecule has 1 saturated heterocycles. The molecule has 0 saturated carbocycles. The summed E-state index contributed by atoms with van der Waals surface area (Å²) in [6.07, 6.45) is 1.23. The molecule has 2 heterocycles. The molecule has 6 nitrogen and oxygen atoms in total. The van der Waals surface area contributed by atoms with Gasteiger partial charge < -0.3 is 10.0 Å². The van der Waals surface area contributed by atoms with Crippen LogP contribution in [0.5, 0.6) is 0 Å². The second-order valence-corrected chi connectivity index (χ2v) is 6.15. The van der Waals surface area contributed by atoms with Crippen LogP contribution < -0.4 is 0 Å². The Kier molecular flexibility index (Phi) is 2.60. The molecule has 1 fully saturated rings. The minimum atomic E-state index is -3.69. The average Bonchev–Trinajstić information content (AvgIpc) is 2.93. The van der Waals surface area contributed by atoms with Crippen LogP contribution in [0.25, 0.3) is 0 Å². The van der Waals surface area contributed by atoms with Crippen molar-refractivity contribution in [1.82, 2.24) is 4.90 Å². The van der Waals surface area contributed by atoms with Crippen molar-refractivity contribution in [3.05, 3.63) is 29.8 Å². The van der Waals surface area contributed by atoms with E-state index in [1.54, 1.807) is 23.1 Å². The SMILES string of the molecule is O=C(O)[C@H]1CCCN1C1=NS(=O)(=O)c2ccccc21. The fraction of sp³-hybridized carbons (Fsp3) is 0.333. The van der Waals surface area contributed by atoms with E-state index in [9.17, 15) is 18.3 Å². The molecule has 2 aliphatic rings. The number of carbonyl (C=O) groups is 1. The highest BCUT2D eigenvalue weighted by Crippen LogP contribution is 2.30. The number of rotatable bonds is 1. The topological polar surface area (TPSA) is 87.0 Å². The van der Waals surface area contributed by atoms with Crippen molar-refractivity contribution in [1.29, 1.82) is 0 Å². The Balaban J connectivity index is 2.10. The maximum Gasteiger partial charge on any atom is 0.326 e. The third-order valence-corrected chi connectivity index (χ3v) is 4.75. The van der Waals surface area contributed by atoms with E-state index in [1.165, 1.54) is 6.07 Å². The number of fused-ring (bicyclic) bond motifs is 1. The number of hydrogen-bond acceptors (Lipinski definition) is 4. The van der Waals surface area contributed by atoms with Crippen molar-refractivity contribution >= 4 is 21.8 Å². The van der Waals surface area contributed by atoms with Gasteiger partial charge in [-0.15, -0.1) is 4.40 Å². The number of carboxylic acids is 1. The van der Waals surface area contributed by atoms with Crippen LogP contribution in [0.2, 0.25) is 0 Å². The minimum absolute atomic E-state index is 0.154. The number of benzene rings is 1. The van der Waals surface area contributed by atoms with Gasteiger partial charge in [-0.05, 0) is 25.0 Å². The second-order valence-electron chi connectivity index (χ2n) is 4.58. The number of sulfonamides is 1. The molecule has 0 bridgehead atoms. The zero-order valence-corrected chi connectivity index (χ0v) is 10.8. The fourth-order valence-electron chi connectivity index (χ4n) is 2.57. The monoisotopic (exact) mass is 280 g/mol. The van der Waals surface area contributed by atoms with Crippen LogP contribution >= 0.6 is 0 Å². The third kappa shape index (κ3) is 1.81. The minimum Gasteiger partial charge on any atom is -0.480 e. The molecule has 3 rings (SSSR count). The predicted molar refractivity (Wildman–Crippen MR) is 67.5 cm³/mol. The first-order chi connectivity index (χ1) is 9.00. The van der Waals surface area contributed by atoms with Crippen molar-refractivity contribution in [2.24, 2.45) is 4.40 Å². The standard InChI is InChI=1S/C12H12N2O4S/c15-12(16)9-5-3-7-14(9)11-8-4-1-2-6-10(8)19(17,18)13-11/h1-2,4,6,9H,3,5,7H2,(H,15,16)/t9-/m1/s1. The molecular formula is C12H12N2O4S. The van der Waals surface area contributed by atoms with Gasteiger partial charge in [0.05, 0.1) is 0 Å². The summed E-state index contributed by atoms with van der Waals surface area (Å²) in [5, 5.41) is 9.18. The maximum absolute atomic E-state index is 11.9. The normalized spacial score (nSPS) is 24.1. The molecule has 1 aromatic rings. The molecule has 0 aromatic heterocycles. The van der Waals surface area contributed by atoms with Gasteiger partial charge in [0.2, 0.25) is 0 Å². The van der Waals surface area contributed by atoms with Crippen LogP contribution in [-0.2, 0) is 14.8 Å². The van der Waals surface area contributed by atoms with Gasteiger partial charge in [-0.2, -0.15) is 8.42 Å². The molecule has 0 aliphatic carbocycles. The van der Waals surface area contributed by atoms with Crippen molar-refractivity contribution in [2.45, 2.75) is 23.8 Å². The van der Waals surface area contributed by atoms with Gasteiger partial charge >= 0.3 is 5.97 Å². The zero-order chi connectivity index (χ0) is 13.6. The van der Waals surface area contributed by atoms with E-state index < -0.39 is 22.0 Å². The molecule has 1 N–H and O–H groups in total. The summed E-state index contributed by atoms with van der Waals surface area (Å²) in [6, 6.07) is 5.82. The largest absolute Gasteiger partial charge is 0.480 e. The van der Waals surface area contributed by atoms with E-state index in [2.05, 4.69) is 4.40 Å². The number of aliphatic carboxylic acids is 1. The van der Waals surface area contributed by atoms with Crippen LogP contribution in [-0.4, -0.2) is 42.8 Å². The summed E-state index contributed by atoms with van der Waals surface area (Å²) in [4.78, 5) is 12.9. The summed E-state index contributed by atoms with van der Waals surface area (Å²) >= 11 is 0. The lowest BCUT2D eigenvalue weighted by atomic mass is 10.1. The highest BCUT2D eigenvalue weighted by molar-refractivity contribution is 7.90. The average molecular weight is 280 g/mol. The molecule has 0 unspecified atom stereocenters. The van der Waals surface area contributed by atoms with E-state index in [-0.39, 0.29) is 10.7 Å². The van der Waals surface area contributed by atoms with E-state index in [0.717, 1.165) is 6.42 Å². The Morgan fingerprint density at radius 1 is 1.37 bits per heavy atom. The summed E-state index contributed by atoms with van der Waals surface area (Å²) in [6.45, 7) is 0.514. The van der Waals surface area contributed by atoms with Crippen molar-refractivity contribution in [3.63, 3.8) is 0 Å². The van der Waals surface area contributed by atoms with Gasteiger partial charge in [-0.25, -0.2) is 4.79 Å². The van der Waals surface area contributed by atoms with E-state index >= 15 is 0 Å². The number of nitrogens with zero attached hydrogens (tertiary/aromatic N) is 2. The molecule has 19 heavy (non-hydrogen) atoms.